The van der Waals surface area contributed by atoms with Gasteiger partial charge in [-0.25, -0.2) is 9.59 Å². The van der Waals surface area contributed by atoms with Crippen LogP contribution in [-0.2, 0) is 30.2 Å². The summed E-state index contributed by atoms with van der Waals surface area (Å²) in [6.45, 7) is 12.7. The van der Waals surface area contributed by atoms with E-state index in [4.69, 9.17) is 18.9 Å². The van der Waals surface area contributed by atoms with Crippen LogP contribution in [0.15, 0.2) is 30.3 Å². The highest BCUT2D eigenvalue weighted by atomic mass is 16.6. The topological polar surface area (TPSA) is 83.1 Å². The van der Waals surface area contributed by atoms with Gasteiger partial charge in [-0.1, -0.05) is 44.2 Å². The third kappa shape index (κ3) is 9.17. The number of carbonyl (C=O) groups excluding carboxylic acids is 2. The molecule has 0 bridgehead atoms. The van der Waals surface area contributed by atoms with Crippen LogP contribution < -0.4 is 5.32 Å². The van der Waals surface area contributed by atoms with Gasteiger partial charge in [0.15, 0.2) is 0 Å². The zero-order chi connectivity index (χ0) is 23.7. The van der Waals surface area contributed by atoms with E-state index in [0.717, 1.165) is 6.42 Å². The molecule has 4 atom stereocenters. The maximum atomic E-state index is 12.9. The molecule has 7 heteroatoms. The van der Waals surface area contributed by atoms with E-state index in [9.17, 15) is 9.59 Å². The molecule has 1 aromatic rings. The zero-order valence-electron chi connectivity index (χ0n) is 20.3. The Kier molecular flexibility index (Phi) is 9.97. The van der Waals surface area contributed by atoms with Crippen molar-refractivity contribution in [1.82, 2.24) is 5.32 Å². The van der Waals surface area contributed by atoms with E-state index >= 15 is 0 Å². The van der Waals surface area contributed by atoms with Crippen molar-refractivity contribution in [2.24, 2.45) is 11.8 Å². The number of amides is 1. The van der Waals surface area contributed by atoms with Gasteiger partial charge in [-0.3, -0.25) is 0 Å². The highest BCUT2D eigenvalue weighted by molar-refractivity contribution is 5.81. The second kappa shape index (κ2) is 12.2. The van der Waals surface area contributed by atoms with E-state index < -0.39 is 29.8 Å². The Labute approximate surface area is 192 Å². The number of benzene rings is 1. The third-order valence-electron chi connectivity index (χ3n) is 5.05. The highest BCUT2D eigenvalue weighted by Crippen LogP contribution is 2.23. The molecule has 0 spiro atoms. The van der Waals surface area contributed by atoms with Gasteiger partial charge in [0.05, 0.1) is 12.7 Å². The Morgan fingerprint density at radius 2 is 1.91 bits per heavy atom. The van der Waals surface area contributed by atoms with Gasteiger partial charge in [-0.05, 0) is 45.6 Å². The first-order chi connectivity index (χ1) is 15.0. The molecule has 0 aromatic heterocycles. The molecular weight excluding hydrogens is 410 g/mol. The molecule has 0 aliphatic carbocycles. The average molecular weight is 450 g/mol. The van der Waals surface area contributed by atoms with Gasteiger partial charge in [0, 0.05) is 25.6 Å². The van der Waals surface area contributed by atoms with Crippen molar-refractivity contribution < 1.29 is 28.5 Å². The van der Waals surface area contributed by atoms with Crippen molar-refractivity contribution in [3.63, 3.8) is 0 Å². The normalized spacial score (nSPS) is 25.2. The lowest BCUT2D eigenvalue weighted by Crippen LogP contribution is -2.49. The Bertz CT molecular complexity index is 715. The van der Waals surface area contributed by atoms with Crippen molar-refractivity contribution in [2.75, 3.05) is 19.8 Å². The molecule has 1 saturated heterocycles. The minimum atomic E-state index is -0.844. The monoisotopic (exact) mass is 449 g/mol. The second-order valence-electron chi connectivity index (χ2n) is 9.85. The van der Waals surface area contributed by atoms with Gasteiger partial charge in [0.25, 0.3) is 0 Å². The Morgan fingerprint density at radius 1 is 1.22 bits per heavy atom. The van der Waals surface area contributed by atoms with Crippen molar-refractivity contribution in [3.05, 3.63) is 35.9 Å². The highest BCUT2D eigenvalue weighted by Gasteiger charge is 2.35. The minimum Gasteiger partial charge on any atom is -0.458 e. The van der Waals surface area contributed by atoms with Gasteiger partial charge in [0.2, 0.25) is 0 Å². The SMILES string of the molecule is CC(C)CO[C@@H]1[C@@H](Cc2ccccc2)COCC[C@H](NC(=O)OC(C)(C)C)C(=O)O[C@H]1C. The number of rotatable bonds is 6. The fourth-order valence-electron chi connectivity index (χ4n) is 3.61. The second-order valence-corrected chi connectivity index (χ2v) is 9.85. The van der Waals surface area contributed by atoms with Crippen LogP contribution in [0, 0.1) is 11.8 Å². The Balaban J connectivity index is 2.14. The minimum absolute atomic E-state index is 0.0225. The first kappa shape index (κ1) is 26.1. The standard InChI is InChI=1S/C25H39NO6/c1-17(2)15-30-22-18(3)31-23(27)21(26-24(28)32-25(4,5)6)12-13-29-16-20(22)14-19-10-8-7-9-11-19/h7-11,17-18,20-22H,12-16H2,1-6H3,(H,26,28)/t18-,20-,21-,22-/m0/s1. The molecule has 180 valence electrons. The first-order valence-electron chi connectivity index (χ1n) is 11.5. The van der Waals surface area contributed by atoms with E-state index in [1.54, 1.807) is 20.8 Å². The molecule has 0 radical (unpaired) electrons. The number of cyclic esters (lactones) is 1. The predicted molar refractivity (Wildman–Crippen MR) is 122 cm³/mol. The van der Waals surface area contributed by atoms with Crippen molar-refractivity contribution >= 4 is 12.1 Å². The number of carbonyl (C=O) groups is 2. The first-order valence-corrected chi connectivity index (χ1v) is 11.5. The Morgan fingerprint density at radius 3 is 2.53 bits per heavy atom. The van der Waals surface area contributed by atoms with Gasteiger partial charge in [-0.2, -0.15) is 0 Å². The van der Waals surface area contributed by atoms with Crippen LogP contribution >= 0.6 is 0 Å². The number of hydrogen-bond acceptors (Lipinski definition) is 6. The predicted octanol–water partition coefficient (Wildman–Crippen LogP) is 4.13. The lowest BCUT2D eigenvalue weighted by Gasteiger charge is -2.34. The third-order valence-corrected chi connectivity index (χ3v) is 5.05. The van der Waals surface area contributed by atoms with E-state index in [1.165, 1.54) is 5.56 Å². The maximum absolute atomic E-state index is 12.9. The number of esters is 1. The molecule has 1 aromatic carbocycles. The van der Waals surface area contributed by atoms with Gasteiger partial charge in [0.1, 0.15) is 17.7 Å². The van der Waals surface area contributed by atoms with E-state index in [2.05, 4.69) is 31.3 Å². The van der Waals surface area contributed by atoms with Crippen molar-refractivity contribution in [2.45, 2.75) is 78.2 Å². The summed E-state index contributed by atoms with van der Waals surface area (Å²) in [5.74, 6) is -0.145. The van der Waals surface area contributed by atoms with E-state index in [1.807, 2.05) is 25.1 Å². The molecule has 1 aliphatic heterocycles. The fourth-order valence-corrected chi connectivity index (χ4v) is 3.61. The van der Waals surface area contributed by atoms with Gasteiger partial charge in [-0.15, -0.1) is 0 Å². The van der Waals surface area contributed by atoms with Crippen LogP contribution in [0.2, 0.25) is 0 Å². The summed E-state index contributed by atoms with van der Waals surface area (Å²) in [7, 11) is 0. The molecule has 0 unspecified atom stereocenters. The van der Waals surface area contributed by atoms with E-state index in [-0.39, 0.29) is 12.0 Å². The molecule has 0 saturated carbocycles. The molecule has 1 fully saturated rings. The molecule has 1 amide bonds. The van der Waals surface area contributed by atoms with Crippen LogP contribution in [0.25, 0.3) is 0 Å². The maximum Gasteiger partial charge on any atom is 0.408 e. The lowest BCUT2D eigenvalue weighted by molar-refractivity contribution is -0.167. The quantitative estimate of drug-likeness (QED) is 0.658. The smallest absolute Gasteiger partial charge is 0.408 e. The van der Waals surface area contributed by atoms with Crippen molar-refractivity contribution in [3.8, 4) is 0 Å². The van der Waals surface area contributed by atoms with Crippen LogP contribution in [0.3, 0.4) is 0 Å². The lowest BCUT2D eigenvalue weighted by atomic mass is 9.91. The molecular formula is C25H39NO6. The average Bonchev–Trinajstić information content (AvgIpc) is 2.68. The van der Waals surface area contributed by atoms with Crippen molar-refractivity contribution in [1.29, 1.82) is 0 Å². The molecule has 32 heavy (non-hydrogen) atoms. The van der Waals surface area contributed by atoms with E-state index in [0.29, 0.717) is 32.2 Å². The van der Waals surface area contributed by atoms with Crippen LogP contribution in [0.4, 0.5) is 4.79 Å². The molecule has 1 aliphatic rings. The molecule has 7 nitrogen and oxygen atoms in total. The number of alkyl carbamates (subject to hydrolysis) is 1. The molecule has 2 rings (SSSR count). The van der Waals surface area contributed by atoms with Crippen LogP contribution in [0.1, 0.15) is 53.5 Å². The summed E-state index contributed by atoms with van der Waals surface area (Å²) in [5, 5.41) is 2.62. The fraction of sp³-hybridized carbons (Fsp3) is 0.680. The summed E-state index contributed by atoms with van der Waals surface area (Å²) >= 11 is 0. The van der Waals surface area contributed by atoms with Crippen LogP contribution in [0.5, 0.6) is 0 Å². The van der Waals surface area contributed by atoms with Gasteiger partial charge < -0.3 is 24.3 Å². The van der Waals surface area contributed by atoms with Crippen LogP contribution in [-0.4, -0.2) is 55.7 Å². The largest absolute Gasteiger partial charge is 0.458 e. The summed E-state index contributed by atoms with van der Waals surface area (Å²) in [6, 6.07) is 9.32. The molecule has 1 N–H and O–H groups in total. The Hall–Kier alpha value is -2.12. The summed E-state index contributed by atoms with van der Waals surface area (Å²) < 4.78 is 23.3. The number of ether oxygens (including phenoxy) is 4. The number of hydrogen-bond donors (Lipinski definition) is 1. The summed E-state index contributed by atoms with van der Waals surface area (Å²) in [6.07, 6.45) is -0.425. The molecule has 1 heterocycles. The zero-order valence-corrected chi connectivity index (χ0v) is 20.3. The van der Waals surface area contributed by atoms with Gasteiger partial charge >= 0.3 is 12.1 Å². The summed E-state index contributed by atoms with van der Waals surface area (Å²) in [4.78, 5) is 25.1. The number of nitrogens with one attached hydrogen (secondary N) is 1. The summed E-state index contributed by atoms with van der Waals surface area (Å²) in [5.41, 5.74) is 0.521.